The fourth-order valence-corrected chi connectivity index (χ4v) is 4.03. The zero-order valence-electron chi connectivity index (χ0n) is 17.8. The number of likely N-dealkylation sites (tertiary alicyclic amines) is 1. The summed E-state index contributed by atoms with van der Waals surface area (Å²) in [6.45, 7) is 4.37. The number of hydrogen-bond donors (Lipinski definition) is 2. The first-order valence-electron chi connectivity index (χ1n) is 10.1. The van der Waals surface area contributed by atoms with E-state index in [1.165, 1.54) is 0 Å². The SMILES string of the molecule is Cc1nn(C)c(C)c1-c1ccc(C(=O)N2CC[C@H](C(=O)Nc3cc(F)c(F)c(F)c3)C2)[nH]1. The molecule has 0 aliphatic carbocycles. The van der Waals surface area contributed by atoms with E-state index < -0.39 is 29.3 Å². The van der Waals surface area contributed by atoms with E-state index in [-0.39, 0.29) is 18.1 Å². The fourth-order valence-electron chi connectivity index (χ4n) is 4.03. The van der Waals surface area contributed by atoms with Crippen LogP contribution in [0.2, 0.25) is 0 Å². The Hall–Kier alpha value is -3.56. The van der Waals surface area contributed by atoms with Gasteiger partial charge in [0.05, 0.1) is 11.6 Å². The summed E-state index contributed by atoms with van der Waals surface area (Å²) in [4.78, 5) is 30.1. The van der Waals surface area contributed by atoms with Crippen LogP contribution in [0.3, 0.4) is 0 Å². The molecule has 1 aliphatic rings. The number of aromatic nitrogens is 3. The van der Waals surface area contributed by atoms with Crippen LogP contribution in [0.25, 0.3) is 11.3 Å². The van der Waals surface area contributed by atoms with Gasteiger partial charge in [0.2, 0.25) is 5.91 Å². The number of aryl methyl sites for hydroxylation is 2. The zero-order chi connectivity index (χ0) is 23.2. The predicted octanol–water partition coefficient (Wildman–Crippen LogP) is 3.55. The topological polar surface area (TPSA) is 83.0 Å². The number of aromatic amines is 1. The van der Waals surface area contributed by atoms with Gasteiger partial charge in [-0.25, -0.2) is 13.2 Å². The Kier molecular flexibility index (Phi) is 5.53. The molecule has 3 heterocycles. The lowest BCUT2D eigenvalue weighted by Gasteiger charge is -2.16. The first-order valence-corrected chi connectivity index (χ1v) is 10.1. The second-order valence-corrected chi connectivity index (χ2v) is 7.94. The molecule has 7 nitrogen and oxygen atoms in total. The van der Waals surface area contributed by atoms with Crippen molar-refractivity contribution in [2.45, 2.75) is 20.3 Å². The van der Waals surface area contributed by atoms with Crippen molar-refractivity contribution in [2.24, 2.45) is 13.0 Å². The van der Waals surface area contributed by atoms with Crippen LogP contribution in [0.15, 0.2) is 24.3 Å². The van der Waals surface area contributed by atoms with Gasteiger partial charge < -0.3 is 15.2 Å². The van der Waals surface area contributed by atoms with Crippen molar-refractivity contribution in [2.75, 3.05) is 18.4 Å². The van der Waals surface area contributed by atoms with Crippen molar-refractivity contribution in [3.8, 4) is 11.3 Å². The van der Waals surface area contributed by atoms with Crippen LogP contribution >= 0.6 is 0 Å². The van der Waals surface area contributed by atoms with Gasteiger partial charge in [-0.1, -0.05) is 0 Å². The number of halogens is 3. The molecule has 1 fully saturated rings. The van der Waals surface area contributed by atoms with Gasteiger partial charge >= 0.3 is 0 Å². The maximum atomic E-state index is 13.4. The number of H-pyrrole nitrogens is 1. The fraction of sp³-hybridized carbons (Fsp3) is 0.318. The minimum atomic E-state index is -1.59. The minimum Gasteiger partial charge on any atom is -0.350 e. The lowest BCUT2D eigenvalue weighted by Crippen LogP contribution is -2.31. The predicted molar refractivity (Wildman–Crippen MR) is 111 cm³/mol. The summed E-state index contributed by atoms with van der Waals surface area (Å²) in [5, 5.41) is 6.78. The van der Waals surface area contributed by atoms with E-state index in [1.807, 2.05) is 27.0 Å². The summed E-state index contributed by atoms with van der Waals surface area (Å²) in [6.07, 6.45) is 0.401. The Morgan fingerprint density at radius 3 is 2.47 bits per heavy atom. The third-order valence-electron chi connectivity index (χ3n) is 5.79. The number of anilines is 1. The van der Waals surface area contributed by atoms with E-state index in [9.17, 15) is 22.8 Å². The first-order chi connectivity index (χ1) is 15.2. The second-order valence-electron chi connectivity index (χ2n) is 7.94. The molecule has 10 heteroatoms. The van der Waals surface area contributed by atoms with Gasteiger partial charge in [0.25, 0.3) is 5.91 Å². The largest absolute Gasteiger partial charge is 0.350 e. The van der Waals surface area contributed by atoms with Crippen LogP contribution in [-0.2, 0) is 11.8 Å². The lowest BCUT2D eigenvalue weighted by molar-refractivity contribution is -0.119. The van der Waals surface area contributed by atoms with Crippen molar-refractivity contribution in [1.82, 2.24) is 19.7 Å². The van der Waals surface area contributed by atoms with Gasteiger partial charge in [-0.2, -0.15) is 5.10 Å². The van der Waals surface area contributed by atoms with Crippen LogP contribution in [0, 0.1) is 37.2 Å². The first kappa shape index (κ1) is 21.7. The maximum absolute atomic E-state index is 13.4. The number of carbonyl (C=O) groups is 2. The van der Waals surface area contributed by atoms with Crippen LogP contribution in [0.5, 0.6) is 0 Å². The van der Waals surface area contributed by atoms with Gasteiger partial charge in [0.1, 0.15) is 5.69 Å². The molecule has 0 radical (unpaired) electrons. The average Bonchev–Trinajstić information content (AvgIpc) is 3.46. The van der Waals surface area contributed by atoms with Crippen LogP contribution in [0.1, 0.15) is 28.3 Å². The molecule has 1 saturated heterocycles. The average molecular weight is 445 g/mol. The van der Waals surface area contributed by atoms with E-state index >= 15 is 0 Å². The highest BCUT2D eigenvalue weighted by Gasteiger charge is 2.32. The molecular formula is C22H22F3N5O2. The van der Waals surface area contributed by atoms with Crippen molar-refractivity contribution < 1.29 is 22.8 Å². The minimum absolute atomic E-state index is 0.163. The molecule has 4 rings (SSSR count). The van der Waals surface area contributed by atoms with E-state index in [2.05, 4.69) is 15.4 Å². The number of benzene rings is 1. The third-order valence-corrected chi connectivity index (χ3v) is 5.79. The summed E-state index contributed by atoms with van der Waals surface area (Å²) >= 11 is 0. The molecule has 32 heavy (non-hydrogen) atoms. The van der Waals surface area contributed by atoms with Gasteiger partial charge in [-0.15, -0.1) is 0 Å². The molecule has 1 aliphatic heterocycles. The molecule has 0 saturated carbocycles. The number of nitrogens with zero attached hydrogens (tertiary/aromatic N) is 3. The number of nitrogens with one attached hydrogen (secondary N) is 2. The van der Waals surface area contributed by atoms with Crippen molar-refractivity contribution in [3.05, 3.63) is 58.8 Å². The standard InChI is InChI=1S/C22H22F3N5O2/c1-11-19(12(2)29(3)28-11)17-4-5-18(27-17)22(32)30-7-6-13(10-30)21(31)26-14-8-15(23)20(25)16(24)9-14/h4-5,8-9,13,27H,6-7,10H2,1-3H3,(H,26,31)/t13-/m0/s1. The Bertz CT molecular complexity index is 1190. The summed E-state index contributed by atoms with van der Waals surface area (Å²) in [7, 11) is 1.85. The van der Waals surface area contributed by atoms with Crippen LogP contribution in [0.4, 0.5) is 18.9 Å². The van der Waals surface area contributed by atoms with Crippen LogP contribution in [-0.4, -0.2) is 44.6 Å². The number of carbonyl (C=O) groups excluding carboxylic acids is 2. The molecule has 1 aromatic carbocycles. The van der Waals surface area contributed by atoms with E-state index in [1.54, 1.807) is 15.6 Å². The molecule has 2 N–H and O–H groups in total. The molecular weight excluding hydrogens is 423 g/mol. The normalized spacial score (nSPS) is 15.9. The Morgan fingerprint density at radius 2 is 1.84 bits per heavy atom. The van der Waals surface area contributed by atoms with Gasteiger partial charge in [0, 0.05) is 54.9 Å². The highest BCUT2D eigenvalue weighted by atomic mass is 19.2. The molecule has 2 aromatic heterocycles. The summed E-state index contributed by atoms with van der Waals surface area (Å²) in [5.41, 5.74) is 3.75. The smallest absolute Gasteiger partial charge is 0.270 e. The second kappa shape index (κ2) is 8.18. The molecule has 1 atom stereocenters. The highest BCUT2D eigenvalue weighted by Crippen LogP contribution is 2.27. The Balaban J connectivity index is 1.43. The Labute approximate surface area is 182 Å². The quantitative estimate of drug-likeness (QED) is 0.603. The van der Waals surface area contributed by atoms with E-state index in [0.717, 1.165) is 34.8 Å². The molecule has 3 aromatic rings. The molecule has 168 valence electrons. The van der Waals surface area contributed by atoms with Crippen molar-refractivity contribution in [1.29, 1.82) is 0 Å². The summed E-state index contributed by atoms with van der Waals surface area (Å²) in [5.74, 6) is -5.64. The Morgan fingerprint density at radius 1 is 1.16 bits per heavy atom. The highest BCUT2D eigenvalue weighted by molar-refractivity contribution is 5.96. The van der Waals surface area contributed by atoms with Gasteiger partial charge in [-0.3, -0.25) is 14.3 Å². The third kappa shape index (κ3) is 3.88. The van der Waals surface area contributed by atoms with Gasteiger partial charge in [-0.05, 0) is 32.4 Å². The van der Waals surface area contributed by atoms with E-state index in [0.29, 0.717) is 18.7 Å². The molecule has 0 bridgehead atoms. The summed E-state index contributed by atoms with van der Waals surface area (Å²) < 4.78 is 41.6. The molecule has 0 unspecified atom stereocenters. The van der Waals surface area contributed by atoms with Crippen molar-refractivity contribution >= 4 is 17.5 Å². The van der Waals surface area contributed by atoms with Crippen molar-refractivity contribution in [3.63, 3.8) is 0 Å². The maximum Gasteiger partial charge on any atom is 0.270 e. The lowest BCUT2D eigenvalue weighted by atomic mass is 10.1. The van der Waals surface area contributed by atoms with E-state index in [4.69, 9.17) is 0 Å². The van der Waals surface area contributed by atoms with Crippen LogP contribution < -0.4 is 5.32 Å². The monoisotopic (exact) mass is 445 g/mol. The summed E-state index contributed by atoms with van der Waals surface area (Å²) in [6, 6.07) is 4.96. The molecule has 0 spiro atoms. The number of hydrogen-bond acceptors (Lipinski definition) is 3. The number of amides is 2. The zero-order valence-corrected chi connectivity index (χ0v) is 17.8. The van der Waals surface area contributed by atoms with Gasteiger partial charge in [0.15, 0.2) is 17.5 Å². The number of rotatable bonds is 4. The molecule has 2 amide bonds.